The van der Waals surface area contributed by atoms with Gasteiger partial charge in [0.05, 0.1) is 18.1 Å². The van der Waals surface area contributed by atoms with Crippen molar-refractivity contribution in [2.45, 2.75) is 37.6 Å². The number of benzene rings is 1. The molecular formula is C17H27BrN2O3S. The summed E-state index contributed by atoms with van der Waals surface area (Å²) < 4.78 is 34.2. The van der Waals surface area contributed by atoms with E-state index in [-0.39, 0.29) is 6.04 Å². The number of rotatable bonds is 8. The third kappa shape index (κ3) is 5.26. The topological polar surface area (TPSA) is 58.6 Å². The van der Waals surface area contributed by atoms with Crippen molar-refractivity contribution < 1.29 is 13.2 Å². The van der Waals surface area contributed by atoms with Gasteiger partial charge in [0.25, 0.3) is 0 Å². The smallest absolute Gasteiger partial charge is 0.240 e. The van der Waals surface area contributed by atoms with E-state index in [0.717, 1.165) is 43.6 Å². The Balaban J connectivity index is 2.11. The zero-order valence-corrected chi connectivity index (χ0v) is 16.8. The third-order valence-electron chi connectivity index (χ3n) is 4.70. The van der Waals surface area contributed by atoms with Crippen molar-refractivity contribution in [2.75, 3.05) is 32.8 Å². The summed E-state index contributed by atoms with van der Waals surface area (Å²) >= 11 is 3.33. The van der Waals surface area contributed by atoms with Gasteiger partial charge in [-0.2, -0.15) is 0 Å². The summed E-state index contributed by atoms with van der Waals surface area (Å²) in [6.07, 6.45) is 2.08. The molecule has 1 aromatic carbocycles. The van der Waals surface area contributed by atoms with Crippen molar-refractivity contribution >= 4 is 26.0 Å². The summed E-state index contributed by atoms with van der Waals surface area (Å²) in [5.41, 5.74) is 0. The molecule has 2 rings (SSSR count). The number of halogens is 1. The molecule has 1 heterocycles. The highest BCUT2D eigenvalue weighted by Gasteiger charge is 2.28. The van der Waals surface area contributed by atoms with Crippen LogP contribution >= 0.6 is 15.9 Å². The van der Waals surface area contributed by atoms with Gasteiger partial charge in [0, 0.05) is 30.1 Å². The van der Waals surface area contributed by atoms with E-state index in [1.165, 1.54) is 0 Å². The Kier molecular flexibility index (Phi) is 7.68. The van der Waals surface area contributed by atoms with Crippen LogP contribution in [0.2, 0.25) is 0 Å². The van der Waals surface area contributed by atoms with Gasteiger partial charge in [-0.1, -0.05) is 48.7 Å². The summed E-state index contributed by atoms with van der Waals surface area (Å²) in [5, 5.41) is 0. The van der Waals surface area contributed by atoms with Crippen LogP contribution < -0.4 is 4.72 Å². The first-order valence-corrected chi connectivity index (χ1v) is 10.8. The zero-order chi connectivity index (χ0) is 17.6. The number of morpholine rings is 1. The van der Waals surface area contributed by atoms with E-state index in [1.54, 1.807) is 18.2 Å². The fourth-order valence-electron chi connectivity index (χ4n) is 3.25. The average molecular weight is 419 g/mol. The molecule has 1 atom stereocenters. The lowest BCUT2D eigenvalue weighted by Crippen LogP contribution is -2.52. The van der Waals surface area contributed by atoms with E-state index < -0.39 is 10.0 Å². The predicted octanol–water partition coefficient (Wildman–Crippen LogP) is 2.86. The van der Waals surface area contributed by atoms with Gasteiger partial charge in [0.1, 0.15) is 0 Å². The highest BCUT2D eigenvalue weighted by atomic mass is 79.9. The molecule has 24 heavy (non-hydrogen) atoms. The molecule has 1 aromatic rings. The molecule has 1 saturated heterocycles. The highest BCUT2D eigenvalue weighted by molar-refractivity contribution is 9.10. The molecule has 136 valence electrons. The maximum Gasteiger partial charge on any atom is 0.240 e. The second-order valence-corrected chi connectivity index (χ2v) is 8.78. The molecule has 0 unspecified atom stereocenters. The van der Waals surface area contributed by atoms with E-state index in [2.05, 4.69) is 39.4 Å². The van der Waals surface area contributed by atoms with Gasteiger partial charge in [-0.05, 0) is 24.1 Å². The maximum absolute atomic E-state index is 12.6. The molecule has 1 aliphatic rings. The Morgan fingerprint density at radius 2 is 1.92 bits per heavy atom. The van der Waals surface area contributed by atoms with Crippen LogP contribution in [-0.4, -0.2) is 52.2 Å². The monoisotopic (exact) mass is 418 g/mol. The lowest BCUT2D eigenvalue weighted by molar-refractivity contribution is 0.00297. The summed E-state index contributed by atoms with van der Waals surface area (Å²) in [6, 6.07) is 7.00. The molecular weight excluding hydrogens is 392 g/mol. The van der Waals surface area contributed by atoms with Crippen molar-refractivity contribution in [3.63, 3.8) is 0 Å². The molecule has 0 aliphatic carbocycles. The zero-order valence-electron chi connectivity index (χ0n) is 14.4. The Bertz CT molecular complexity index is 614. The average Bonchev–Trinajstić information content (AvgIpc) is 2.59. The van der Waals surface area contributed by atoms with E-state index in [1.807, 2.05) is 6.07 Å². The van der Waals surface area contributed by atoms with Gasteiger partial charge in [-0.3, -0.25) is 4.90 Å². The summed E-state index contributed by atoms with van der Waals surface area (Å²) in [6.45, 7) is 7.93. The van der Waals surface area contributed by atoms with E-state index in [0.29, 0.717) is 17.4 Å². The third-order valence-corrected chi connectivity index (χ3v) is 6.61. The number of sulfonamides is 1. The normalized spacial score (nSPS) is 18.0. The van der Waals surface area contributed by atoms with E-state index in [4.69, 9.17) is 4.74 Å². The minimum Gasteiger partial charge on any atom is -0.379 e. The molecule has 7 heteroatoms. The largest absolute Gasteiger partial charge is 0.379 e. The Labute approximate surface area is 153 Å². The van der Waals surface area contributed by atoms with E-state index in [9.17, 15) is 8.42 Å². The molecule has 1 aliphatic heterocycles. The van der Waals surface area contributed by atoms with Gasteiger partial charge in [-0.15, -0.1) is 0 Å². The van der Waals surface area contributed by atoms with Crippen molar-refractivity contribution in [1.82, 2.24) is 9.62 Å². The first-order chi connectivity index (χ1) is 11.5. The first kappa shape index (κ1) is 19.8. The van der Waals surface area contributed by atoms with Crippen LogP contribution in [0.1, 0.15) is 26.7 Å². The molecule has 0 radical (unpaired) electrons. The number of hydrogen-bond acceptors (Lipinski definition) is 4. The Morgan fingerprint density at radius 1 is 1.25 bits per heavy atom. The SMILES string of the molecule is CCC(CC)[C@H](CNS(=O)(=O)c1cccc(Br)c1)N1CCOCC1. The number of ether oxygens (including phenoxy) is 1. The summed E-state index contributed by atoms with van der Waals surface area (Å²) in [5.74, 6) is 0.466. The standard InChI is InChI=1S/C17H27BrN2O3S/c1-3-14(4-2)17(20-8-10-23-11-9-20)13-19-24(21,22)16-7-5-6-15(18)12-16/h5-7,12,14,17,19H,3-4,8-11,13H2,1-2H3/t17-/m0/s1. The van der Waals surface area contributed by atoms with Crippen LogP contribution in [0.15, 0.2) is 33.6 Å². The van der Waals surface area contributed by atoms with Gasteiger partial charge in [0.15, 0.2) is 0 Å². The van der Waals surface area contributed by atoms with Crippen LogP contribution in [0, 0.1) is 5.92 Å². The molecule has 0 amide bonds. The van der Waals surface area contributed by atoms with Crippen LogP contribution in [0.5, 0.6) is 0 Å². The molecule has 0 aromatic heterocycles. The van der Waals surface area contributed by atoms with Crippen LogP contribution in [0.3, 0.4) is 0 Å². The molecule has 5 nitrogen and oxygen atoms in total. The molecule has 1 N–H and O–H groups in total. The summed E-state index contributed by atoms with van der Waals surface area (Å²) in [4.78, 5) is 2.66. The molecule has 1 fully saturated rings. The van der Waals surface area contributed by atoms with Gasteiger partial charge >= 0.3 is 0 Å². The van der Waals surface area contributed by atoms with Gasteiger partial charge < -0.3 is 4.74 Å². The fourth-order valence-corrected chi connectivity index (χ4v) is 4.90. The summed E-state index contributed by atoms with van der Waals surface area (Å²) in [7, 11) is -3.50. The fraction of sp³-hybridized carbons (Fsp3) is 0.647. The maximum atomic E-state index is 12.6. The Morgan fingerprint density at radius 3 is 2.50 bits per heavy atom. The van der Waals surface area contributed by atoms with Crippen LogP contribution in [0.4, 0.5) is 0 Å². The number of nitrogens with one attached hydrogen (secondary N) is 1. The van der Waals surface area contributed by atoms with Crippen molar-refractivity contribution in [2.24, 2.45) is 5.92 Å². The van der Waals surface area contributed by atoms with Crippen molar-refractivity contribution in [1.29, 1.82) is 0 Å². The quantitative estimate of drug-likeness (QED) is 0.704. The van der Waals surface area contributed by atoms with Crippen LogP contribution in [0.25, 0.3) is 0 Å². The minimum absolute atomic E-state index is 0.200. The number of nitrogens with zero attached hydrogens (tertiary/aromatic N) is 1. The van der Waals surface area contributed by atoms with Crippen molar-refractivity contribution in [3.05, 3.63) is 28.7 Å². The molecule has 0 spiro atoms. The second kappa shape index (κ2) is 9.29. The predicted molar refractivity (Wildman–Crippen MR) is 99.6 cm³/mol. The lowest BCUT2D eigenvalue weighted by atomic mass is 9.92. The first-order valence-electron chi connectivity index (χ1n) is 8.55. The minimum atomic E-state index is -3.50. The molecule has 0 saturated carbocycles. The van der Waals surface area contributed by atoms with Crippen LogP contribution in [-0.2, 0) is 14.8 Å². The second-order valence-electron chi connectivity index (χ2n) is 6.10. The highest BCUT2D eigenvalue weighted by Crippen LogP contribution is 2.21. The van der Waals surface area contributed by atoms with Gasteiger partial charge in [-0.25, -0.2) is 13.1 Å². The van der Waals surface area contributed by atoms with E-state index >= 15 is 0 Å². The van der Waals surface area contributed by atoms with Crippen molar-refractivity contribution in [3.8, 4) is 0 Å². The van der Waals surface area contributed by atoms with Gasteiger partial charge in [0.2, 0.25) is 10.0 Å². The Hall–Kier alpha value is -0.470. The molecule has 0 bridgehead atoms. The number of hydrogen-bond donors (Lipinski definition) is 1. The lowest BCUT2D eigenvalue weighted by Gasteiger charge is -2.38.